The molecule has 230 valence electrons. The van der Waals surface area contributed by atoms with Gasteiger partial charge in [0.1, 0.15) is 23.8 Å². The number of halogens is 2. The maximum atomic E-state index is 13.8. The largest absolute Gasteiger partial charge is 0.456 e. The molecule has 1 aliphatic rings. The smallest absolute Gasteiger partial charge is 0.410 e. The summed E-state index contributed by atoms with van der Waals surface area (Å²) in [4.78, 5) is 41.8. The Kier molecular flexibility index (Phi) is 12.2. The van der Waals surface area contributed by atoms with E-state index < -0.39 is 35.8 Å². The Hall–Kier alpha value is -3.57. The van der Waals surface area contributed by atoms with Gasteiger partial charge in [0.25, 0.3) is 5.91 Å². The normalized spacial score (nSPS) is 16.2. The van der Waals surface area contributed by atoms with Gasteiger partial charge in [-0.25, -0.2) is 18.4 Å². The molecule has 2 amide bonds. The summed E-state index contributed by atoms with van der Waals surface area (Å²) in [5.41, 5.74) is 8.06. The number of cyclic esters (lactones) is 1. The van der Waals surface area contributed by atoms with E-state index in [9.17, 15) is 23.2 Å². The molecule has 0 bridgehead atoms. The van der Waals surface area contributed by atoms with E-state index in [0.29, 0.717) is 43.9 Å². The molecule has 1 heterocycles. The van der Waals surface area contributed by atoms with Gasteiger partial charge < -0.3 is 30.3 Å². The molecule has 3 atom stereocenters. The van der Waals surface area contributed by atoms with Gasteiger partial charge in [-0.2, -0.15) is 0 Å². The molecule has 0 unspecified atom stereocenters. The van der Waals surface area contributed by atoms with Crippen LogP contribution in [0, 0.1) is 18.6 Å². The minimum atomic E-state index is -0.903. The molecule has 3 N–H and O–H groups in total. The fraction of sp³-hybridized carbons (Fsp3) is 0.516. The van der Waals surface area contributed by atoms with Gasteiger partial charge in [0.15, 0.2) is 0 Å². The number of esters is 1. The third-order valence-corrected chi connectivity index (χ3v) is 7.01. The highest BCUT2D eigenvalue weighted by Crippen LogP contribution is 2.17. The Bertz CT molecular complexity index is 1220. The van der Waals surface area contributed by atoms with E-state index in [1.165, 1.54) is 18.2 Å². The summed E-state index contributed by atoms with van der Waals surface area (Å²) >= 11 is 0. The summed E-state index contributed by atoms with van der Waals surface area (Å²) in [5, 5.41) is 3.15. The minimum Gasteiger partial charge on any atom is -0.456 e. The molecule has 2 aromatic carbocycles. The van der Waals surface area contributed by atoms with Crippen molar-refractivity contribution in [2.45, 2.75) is 65.2 Å². The standard InChI is InChI=1S/C31H42F2N4O5/c1-5-8-37(9-6-2)29(38)22-10-20(4)11-23(15-22)30(39)42-28(18-35-17-26-19-36(7-3)31(40)41-26)27(34)14-21-12-24(32)16-25(33)13-21/h10-13,15-16,26-28,35H,5-9,14,17-19,34H2,1-4H3/t26-,27-,28+/m0/s1. The lowest BCUT2D eigenvalue weighted by Gasteiger charge is -2.26. The fourth-order valence-electron chi connectivity index (χ4n) is 5.01. The van der Waals surface area contributed by atoms with Crippen molar-refractivity contribution in [3.63, 3.8) is 0 Å². The SMILES string of the molecule is CCCN(CCC)C(=O)c1cc(C)cc(C(=O)O[C@H](CNC[C@H]2CN(CC)C(=O)O2)[C@@H](N)Cc2cc(F)cc(F)c2)c1. The monoisotopic (exact) mass is 588 g/mol. The topological polar surface area (TPSA) is 114 Å². The molecule has 1 fully saturated rings. The highest BCUT2D eigenvalue weighted by molar-refractivity contribution is 5.98. The lowest BCUT2D eigenvalue weighted by atomic mass is 10.0. The van der Waals surface area contributed by atoms with Crippen molar-refractivity contribution in [3.8, 4) is 0 Å². The zero-order valence-corrected chi connectivity index (χ0v) is 24.8. The Morgan fingerprint density at radius 2 is 1.71 bits per heavy atom. The third kappa shape index (κ3) is 9.22. The zero-order valence-electron chi connectivity index (χ0n) is 24.8. The van der Waals surface area contributed by atoms with Gasteiger partial charge in [-0.15, -0.1) is 0 Å². The number of nitrogens with one attached hydrogen (secondary N) is 1. The first-order valence-electron chi connectivity index (χ1n) is 14.5. The minimum absolute atomic E-state index is 0.0386. The van der Waals surface area contributed by atoms with Gasteiger partial charge in [0, 0.05) is 50.4 Å². The number of benzene rings is 2. The van der Waals surface area contributed by atoms with Gasteiger partial charge >= 0.3 is 12.1 Å². The van der Waals surface area contributed by atoms with E-state index in [2.05, 4.69) is 5.32 Å². The van der Waals surface area contributed by atoms with E-state index in [4.69, 9.17) is 15.2 Å². The Labute approximate surface area is 246 Å². The van der Waals surface area contributed by atoms with Crippen molar-refractivity contribution in [1.82, 2.24) is 15.1 Å². The van der Waals surface area contributed by atoms with Crippen LogP contribution in [0.5, 0.6) is 0 Å². The highest BCUT2D eigenvalue weighted by Gasteiger charge is 2.31. The fourth-order valence-corrected chi connectivity index (χ4v) is 5.01. The number of hydrogen-bond donors (Lipinski definition) is 2. The summed E-state index contributed by atoms with van der Waals surface area (Å²) in [6, 6.07) is 7.21. The number of ether oxygens (including phenoxy) is 2. The van der Waals surface area contributed by atoms with Gasteiger partial charge in [-0.1, -0.05) is 13.8 Å². The van der Waals surface area contributed by atoms with Crippen LogP contribution in [-0.4, -0.2) is 85.3 Å². The lowest BCUT2D eigenvalue weighted by Crippen LogP contribution is -2.47. The second kappa shape index (κ2) is 15.6. The molecule has 0 aliphatic carbocycles. The van der Waals surface area contributed by atoms with Crippen molar-refractivity contribution in [2.24, 2.45) is 5.73 Å². The van der Waals surface area contributed by atoms with Crippen LogP contribution >= 0.6 is 0 Å². The molecular formula is C31H42F2N4O5. The number of carbonyl (C=O) groups is 3. The molecular weight excluding hydrogens is 546 g/mol. The summed E-state index contributed by atoms with van der Waals surface area (Å²) < 4.78 is 38.8. The summed E-state index contributed by atoms with van der Waals surface area (Å²) in [6.07, 6.45) is -0.0216. The molecule has 1 aliphatic heterocycles. The average Bonchev–Trinajstić information content (AvgIpc) is 3.30. The van der Waals surface area contributed by atoms with Crippen LogP contribution in [0.4, 0.5) is 13.6 Å². The van der Waals surface area contributed by atoms with Crippen molar-refractivity contribution in [3.05, 3.63) is 70.3 Å². The number of carbonyl (C=O) groups excluding carboxylic acids is 3. The number of amides is 2. The van der Waals surface area contributed by atoms with Crippen LogP contribution in [0.1, 0.15) is 65.5 Å². The number of hydrogen-bond acceptors (Lipinski definition) is 7. The van der Waals surface area contributed by atoms with Crippen LogP contribution in [0.3, 0.4) is 0 Å². The van der Waals surface area contributed by atoms with E-state index >= 15 is 0 Å². The molecule has 0 aromatic heterocycles. The lowest BCUT2D eigenvalue weighted by molar-refractivity contribution is 0.0233. The third-order valence-electron chi connectivity index (χ3n) is 7.01. The Morgan fingerprint density at radius 1 is 1.07 bits per heavy atom. The predicted octanol–water partition coefficient (Wildman–Crippen LogP) is 4.06. The first kappa shape index (κ1) is 32.9. The van der Waals surface area contributed by atoms with Crippen LogP contribution in [-0.2, 0) is 15.9 Å². The van der Waals surface area contributed by atoms with Crippen LogP contribution < -0.4 is 11.1 Å². The summed E-state index contributed by atoms with van der Waals surface area (Å²) in [6.45, 7) is 10.2. The number of likely N-dealkylation sites (N-methyl/N-ethyl adjacent to an activating group) is 1. The van der Waals surface area contributed by atoms with Crippen molar-refractivity contribution in [1.29, 1.82) is 0 Å². The van der Waals surface area contributed by atoms with E-state index in [1.807, 2.05) is 20.8 Å². The molecule has 1 saturated heterocycles. The highest BCUT2D eigenvalue weighted by atomic mass is 19.1. The quantitative estimate of drug-likeness (QED) is 0.302. The average molecular weight is 589 g/mol. The summed E-state index contributed by atoms with van der Waals surface area (Å²) in [5.74, 6) is -2.30. The molecule has 9 nitrogen and oxygen atoms in total. The van der Waals surface area contributed by atoms with Crippen molar-refractivity contribution in [2.75, 3.05) is 39.3 Å². The second-order valence-electron chi connectivity index (χ2n) is 10.7. The zero-order chi connectivity index (χ0) is 30.8. The van der Waals surface area contributed by atoms with Crippen molar-refractivity contribution >= 4 is 18.0 Å². The van der Waals surface area contributed by atoms with E-state index in [0.717, 1.165) is 24.5 Å². The molecule has 3 rings (SSSR count). The van der Waals surface area contributed by atoms with Gasteiger partial charge in [-0.3, -0.25) is 4.79 Å². The van der Waals surface area contributed by atoms with Crippen LogP contribution in [0.15, 0.2) is 36.4 Å². The van der Waals surface area contributed by atoms with Crippen LogP contribution in [0.25, 0.3) is 0 Å². The van der Waals surface area contributed by atoms with E-state index in [1.54, 1.807) is 28.9 Å². The first-order valence-corrected chi connectivity index (χ1v) is 14.5. The molecule has 11 heteroatoms. The predicted molar refractivity (Wildman–Crippen MR) is 155 cm³/mol. The Balaban J connectivity index is 1.77. The first-order chi connectivity index (χ1) is 20.0. The maximum Gasteiger partial charge on any atom is 0.410 e. The maximum absolute atomic E-state index is 13.8. The molecule has 0 spiro atoms. The molecule has 2 aromatic rings. The number of nitrogens with two attached hydrogens (primary N) is 1. The second-order valence-corrected chi connectivity index (χ2v) is 10.7. The number of aryl methyl sites for hydroxylation is 1. The molecule has 0 saturated carbocycles. The van der Waals surface area contributed by atoms with Gasteiger partial charge in [0.05, 0.1) is 12.1 Å². The number of rotatable bonds is 15. The van der Waals surface area contributed by atoms with E-state index in [-0.39, 0.29) is 30.5 Å². The number of nitrogens with zero attached hydrogens (tertiary/aromatic N) is 2. The van der Waals surface area contributed by atoms with Crippen LogP contribution in [0.2, 0.25) is 0 Å². The molecule has 42 heavy (non-hydrogen) atoms. The summed E-state index contributed by atoms with van der Waals surface area (Å²) in [7, 11) is 0. The van der Waals surface area contributed by atoms with Gasteiger partial charge in [-0.05, 0) is 74.6 Å². The van der Waals surface area contributed by atoms with Gasteiger partial charge in [0.2, 0.25) is 0 Å². The Morgan fingerprint density at radius 3 is 2.31 bits per heavy atom. The van der Waals surface area contributed by atoms with Crippen molar-refractivity contribution < 1.29 is 32.6 Å². The molecule has 0 radical (unpaired) electrons.